The number of amides is 2. The first-order valence-electron chi connectivity index (χ1n) is 10.1. The number of carbonyl (C=O) groups is 2. The van der Waals surface area contributed by atoms with Crippen molar-refractivity contribution < 1.29 is 9.59 Å². The summed E-state index contributed by atoms with van der Waals surface area (Å²) < 4.78 is 1.88. The maximum Gasteiger partial charge on any atom is 0.270 e. The van der Waals surface area contributed by atoms with Crippen molar-refractivity contribution in [2.24, 2.45) is 12.5 Å². The van der Waals surface area contributed by atoms with Gasteiger partial charge < -0.3 is 14.4 Å². The number of nitrogens with zero attached hydrogens (tertiary/aromatic N) is 4. The van der Waals surface area contributed by atoms with Crippen LogP contribution in [0.5, 0.6) is 0 Å². The second kappa shape index (κ2) is 7.78. The molecule has 2 aliphatic rings. The second-order valence-corrected chi connectivity index (χ2v) is 8.22. The molecule has 0 unspecified atom stereocenters. The monoisotopic (exact) mass is 380 g/mol. The molecular formula is C22H28N4O2. The zero-order valence-corrected chi connectivity index (χ0v) is 16.5. The molecule has 2 aliphatic heterocycles. The van der Waals surface area contributed by atoms with Gasteiger partial charge in [0.25, 0.3) is 5.91 Å². The Kier molecular flexibility index (Phi) is 5.20. The van der Waals surface area contributed by atoms with Gasteiger partial charge in [-0.25, -0.2) is 0 Å². The van der Waals surface area contributed by atoms with Crippen LogP contribution in [0.4, 0.5) is 0 Å². The van der Waals surface area contributed by atoms with Gasteiger partial charge in [0.15, 0.2) is 0 Å². The Bertz CT molecular complexity index is 847. The van der Waals surface area contributed by atoms with Crippen molar-refractivity contribution in [2.75, 3.05) is 26.2 Å². The fraction of sp³-hybridized carbons (Fsp3) is 0.500. The van der Waals surface area contributed by atoms with E-state index in [9.17, 15) is 9.59 Å². The summed E-state index contributed by atoms with van der Waals surface area (Å²) in [5.74, 6) is 0.330. The molecule has 148 valence electrons. The molecule has 4 heterocycles. The molecule has 2 aromatic heterocycles. The molecule has 0 radical (unpaired) electrons. The van der Waals surface area contributed by atoms with E-state index in [1.807, 2.05) is 57.9 Å². The van der Waals surface area contributed by atoms with Gasteiger partial charge >= 0.3 is 0 Å². The molecule has 6 heteroatoms. The second-order valence-electron chi connectivity index (χ2n) is 8.22. The number of hydrogen-bond donors (Lipinski definition) is 0. The minimum atomic E-state index is 0.0249. The summed E-state index contributed by atoms with van der Waals surface area (Å²) in [4.78, 5) is 33.8. The Hall–Kier alpha value is -2.63. The average Bonchev–Trinajstić information content (AvgIpc) is 3.15. The van der Waals surface area contributed by atoms with Gasteiger partial charge in [0.1, 0.15) is 5.69 Å². The van der Waals surface area contributed by atoms with Crippen LogP contribution in [0, 0.1) is 5.41 Å². The predicted molar refractivity (Wildman–Crippen MR) is 107 cm³/mol. The van der Waals surface area contributed by atoms with Gasteiger partial charge in [0.2, 0.25) is 5.91 Å². The molecule has 4 rings (SSSR count). The van der Waals surface area contributed by atoms with Gasteiger partial charge in [-0.05, 0) is 43.5 Å². The molecule has 6 nitrogen and oxygen atoms in total. The van der Waals surface area contributed by atoms with E-state index in [1.165, 1.54) is 0 Å². The van der Waals surface area contributed by atoms with Crippen molar-refractivity contribution in [3.8, 4) is 0 Å². The van der Waals surface area contributed by atoms with Crippen LogP contribution in [-0.4, -0.2) is 57.3 Å². The summed E-state index contributed by atoms with van der Waals surface area (Å²) in [6.45, 7) is 2.98. The largest absolute Gasteiger partial charge is 0.347 e. The summed E-state index contributed by atoms with van der Waals surface area (Å²) in [7, 11) is 1.91. The smallest absolute Gasteiger partial charge is 0.270 e. The third-order valence-electron chi connectivity index (χ3n) is 6.22. The Labute approximate surface area is 166 Å². The molecule has 2 aromatic rings. The molecule has 0 aliphatic carbocycles. The lowest BCUT2D eigenvalue weighted by molar-refractivity contribution is -0.138. The number of piperidine rings is 2. The fourth-order valence-corrected chi connectivity index (χ4v) is 4.66. The highest BCUT2D eigenvalue weighted by Gasteiger charge is 2.42. The van der Waals surface area contributed by atoms with Crippen LogP contribution >= 0.6 is 0 Å². The summed E-state index contributed by atoms with van der Waals surface area (Å²) in [6.07, 6.45) is 8.01. The Morgan fingerprint density at radius 2 is 2.07 bits per heavy atom. The number of hydrogen-bond acceptors (Lipinski definition) is 3. The van der Waals surface area contributed by atoms with Crippen molar-refractivity contribution in [2.45, 2.75) is 32.1 Å². The van der Waals surface area contributed by atoms with E-state index in [4.69, 9.17) is 0 Å². The van der Waals surface area contributed by atoms with Gasteiger partial charge in [-0.2, -0.15) is 0 Å². The average molecular weight is 380 g/mol. The van der Waals surface area contributed by atoms with E-state index in [-0.39, 0.29) is 17.2 Å². The van der Waals surface area contributed by atoms with E-state index in [1.54, 1.807) is 6.20 Å². The molecule has 0 aromatic carbocycles. The van der Waals surface area contributed by atoms with Crippen molar-refractivity contribution >= 4 is 11.8 Å². The van der Waals surface area contributed by atoms with E-state index in [0.717, 1.165) is 56.7 Å². The topological polar surface area (TPSA) is 58.4 Å². The molecule has 0 bridgehead atoms. The van der Waals surface area contributed by atoms with Crippen LogP contribution in [-0.2, 0) is 18.3 Å². The SMILES string of the molecule is Cn1cccc1C(=O)N1CCC[C@@]2(CCC(=O)N(CCc3ccccn3)C2)C1. The zero-order valence-electron chi connectivity index (χ0n) is 16.5. The quantitative estimate of drug-likeness (QED) is 0.819. The highest BCUT2D eigenvalue weighted by Crippen LogP contribution is 2.39. The lowest BCUT2D eigenvalue weighted by Crippen LogP contribution is -2.55. The van der Waals surface area contributed by atoms with Gasteiger partial charge in [0, 0.05) is 69.6 Å². The maximum absolute atomic E-state index is 13.0. The summed E-state index contributed by atoms with van der Waals surface area (Å²) >= 11 is 0. The maximum atomic E-state index is 13.0. The van der Waals surface area contributed by atoms with Gasteiger partial charge in [0.05, 0.1) is 0 Å². The third kappa shape index (κ3) is 3.81. The van der Waals surface area contributed by atoms with Crippen LogP contribution in [0.3, 0.4) is 0 Å². The molecule has 2 saturated heterocycles. The number of pyridine rings is 1. The molecule has 0 saturated carbocycles. The first kappa shape index (κ1) is 18.7. The van der Waals surface area contributed by atoms with Crippen LogP contribution < -0.4 is 0 Å². The van der Waals surface area contributed by atoms with E-state index >= 15 is 0 Å². The molecular weight excluding hydrogens is 352 g/mol. The summed E-state index contributed by atoms with van der Waals surface area (Å²) in [6, 6.07) is 9.69. The van der Waals surface area contributed by atoms with Crippen LogP contribution in [0.2, 0.25) is 0 Å². The fourth-order valence-electron chi connectivity index (χ4n) is 4.66. The number of rotatable bonds is 4. The lowest BCUT2D eigenvalue weighted by Gasteiger charge is -2.48. The lowest BCUT2D eigenvalue weighted by atomic mass is 9.73. The van der Waals surface area contributed by atoms with Gasteiger partial charge in [-0.15, -0.1) is 0 Å². The molecule has 1 atom stereocenters. The first-order chi connectivity index (χ1) is 13.6. The highest BCUT2D eigenvalue weighted by molar-refractivity contribution is 5.92. The summed E-state index contributed by atoms with van der Waals surface area (Å²) in [5.41, 5.74) is 1.77. The minimum absolute atomic E-state index is 0.0249. The van der Waals surface area contributed by atoms with Crippen LogP contribution in [0.25, 0.3) is 0 Å². The standard InChI is InChI=1S/C22H28N4O2/c1-24-13-4-7-19(24)21(28)26-14-5-10-22(17-26)11-8-20(27)25(16-22)15-9-18-6-2-3-12-23-18/h2-4,6-7,12-13H,5,8-11,14-17H2,1H3/t22-/m0/s1. The number of carbonyl (C=O) groups excluding carboxylic acids is 2. The normalized spacial score (nSPS) is 22.7. The van der Waals surface area contributed by atoms with E-state index in [0.29, 0.717) is 13.0 Å². The molecule has 0 N–H and O–H groups in total. The Balaban J connectivity index is 1.43. The number of likely N-dealkylation sites (tertiary alicyclic amines) is 2. The Morgan fingerprint density at radius 1 is 1.18 bits per heavy atom. The first-order valence-corrected chi connectivity index (χ1v) is 10.1. The number of aromatic nitrogens is 2. The van der Waals surface area contributed by atoms with Crippen molar-refractivity contribution in [1.82, 2.24) is 19.4 Å². The van der Waals surface area contributed by atoms with Gasteiger partial charge in [-0.3, -0.25) is 14.6 Å². The molecule has 2 amide bonds. The van der Waals surface area contributed by atoms with Crippen molar-refractivity contribution in [3.63, 3.8) is 0 Å². The van der Waals surface area contributed by atoms with E-state index in [2.05, 4.69) is 4.98 Å². The van der Waals surface area contributed by atoms with Crippen molar-refractivity contribution in [1.29, 1.82) is 0 Å². The molecule has 1 spiro atoms. The van der Waals surface area contributed by atoms with Crippen LogP contribution in [0.1, 0.15) is 41.9 Å². The minimum Gasteiger partial charge on any atom is -0.347 e. The molecule has 2 fully saturated rings. The summed E-state index contributed by atoms with van der Waals surface area (Å²) in [5, 5.41) is 0. The zero-order chi connectivity index (χ0) is 19.6. The van der Waals surface area contributed by atoms with Crippen LogP contribution in [0.15, 0.2) is 42.7 Å². The van der Waals surface area contributed by atoms with Gasteiger partial charge in [-0.1, -0.05) is 6.07 Å². The predicted octanol–water partition coefficient (Wildman–Crippen LogP) is 2.51. The third-order valence-corrected chi connectivity index (χ3v) is 6.22. The highest BCUT2D eigenvalue weighted by atomic mass is 16.2. The van der Waals surface area contributed by atoms with E-state index < -0.39 is 0 Å². The molecule has 28 heavy (non-hydrogen) atoms. The van der Waals surface area contributed by atoms with Crippen molar-refractivity contribution in [3.05, 3.63) is 54.1 Å². The Morgan fingerprint density at radius 3 is 2.82 bits per heavy atom. The number of aryl methyl sites for hydroxylation is 1.